The summed E-state index contributed by atoms with van der Waals surface area (Å²) in [6.07, 6.45) is 0.266. The Morgan fingerprint density at radius 3 is 2.18 bits per heavy atom. The minimum Gasteiger partial charge on any atom is -0.497 e. The molecule has 2 aromatic carbocycles. The van der Waals surface area contributed by atoms with Gasteiger partial charge in [0.25, 0.3) is 0 Å². The van der Waals surface area contributed by atoms with Crippen LogP contribution < -0.4 is 10.1 Å². The lowest BCUT2D eigenvalue weighted by Gasteiger charge is -2.29. The van der Waals surface area contributed by atoms with Gasteiger partial charge in [0.05, 0.1) is 13.5 Å². The summed E-state index contributed by atoms with van der Waals surface area (Å²) < 4.78 is 5.20. The Labute approximate surface area is 167 Å². The molecule has 2 amide bonds. The van der Waals surface area contributed by atoms with E-state index in [1.54, 1.807) is 18.9 Å². The Morgan fingerprint density at radius 2 is 1.64 bits per heavy atom. The number of nitrogens with zero attached hydrogens (tertiary/aromatic N) is 1. The molecule has 5 heteroatoms. The number of hydrogen-bond acceptors (Lipinski definition) is 3. The zero-order chi connectivity index (χ0) is 20.7. The lowest BCUT2D eigenvalue weighted by atomic mass is 10.0. The van der Waals surface area contributed by atoms with Gasteiger partial charge < -0.3 is 15.0 Å². The Hall–Kier alpha value is -2.82. The molecular weight excluding hydrogens is 352 g/mol. The normalized spacial score (nSPS) is 11.6. The highest BCUT2D eigenvalue weighted by atomic mass is 16.5. The molecule has 0 heterocycles. The fourth-order valence-corrected chi connectivity index (χ4v) is 3.28. The molecule has 0 aliphatic heterocycles. The van der Waals surface area contributed by atoms with Crippen molar-refractivity contribution in [3.05, 3.63) is 64.7 Å². The number of methoxy groups -OCH3 is 1. The number of aryl methyl sites for hydroxylation is 2. The van der Waals surface area contributed by atoms with Crippen molar-refractivity contribution in [2.24, 2.45) is 0 Å². The molecule has 28 heavy (non-hydrogen) atoms. The molecule has 1 N–H and O–H groups in total. The number of carbonyl (C=O) groups is 2. The number of ether oxygens (including phenoxy) is 1. The number of nitrogens with one attached hydrogen (secondary N) is 1. The van der Waals surface area contributed by atoms with E-state index in [9.17, 15) is 9.59 Å². The van der Waals surface area contributed by atoms with Gasteiger partial charge in [-0.3, -0.25) is 9.59 Å². The van der Waals surface area contributed by atoms with E-state index in [0.717, 1.165) is 28.0 Å². The largest absolute Gasteiger partial charge is 0.497 e. The lowest BCUT2D eigenvalue weighted by Crippen LogP contribution is -2.48. The second-order valence-electron chi connectivity index (χ2n) is 7.11. The summed E-state index contributed by atoms with van der Waals surface area (Å²) in [5.74, 6) is 0.540. The molecule has 0 radical (unpaired) electrons. The van der Waals surface area contributed by atoms with E-state index in [-0.39, 0.29) is 18.2 Å². The van der Waals surface area contributed by atoms with Crippen LogP contribution in [0.3, 0.4) is 0 Å². The number of benzene rings is 2. The summed E-state index contributed by atoms with van der Waals surface area (Å²) in [6, 6.07) is 13.1. The smallest absolute Gasteiger partial charge is 0.242 e. The highest BCUT2D eigenvalue weighted by Crippen LogP contribution is 2.17. The fourth-order valence-electron chi connectivity index (χ4n) is 3.28. The standard InChI is InChI=1S/C23H30N2O3/c1-6-24-23(27)18(4)25(15-19-7-9-21(28-5)10-8-19)22(26)14-20-12-16(2)11-17(3)13-20/h7-13,18H,6,14-15H2,1-5H3,(H,24,27)/t18-/m1/s1. The maximum absolute atomic E-state index is 13.1. The van der Waals surface area contributed by atoms with Crippen LogP contribution in [0.15, 0.2) is 42.5 Å². The van der Waals surface area contributed by atoms with Gasteiger partial charge in [-0.1, -0.05) is 41.5 Å². The van der Waals surface area contributed by atoms with Crippen molar-refractivity contribution < 1.29 is 14.3 Å². The van der Waals surface area contributed by atoms with Gasteiger partial charge in [-0.2, -0.15) is 0 Å². The van der Waals surface area contributed by atoms with Crippen molar-refractivity contribution in [3.63, 3.8) is 0 Å². The van der Waals surface area contributed by atoms with Gasteiger partial charge in [-0.25, -0.2) is 0 Å². The number of amides is 2. The first kappa shape index (κ1) is 21.5. The van der Waals surface area contributed by atoms with Crippen LogP contribution in [-0.2, 0) is 22.6 Å². The highest BCUT2D eigenvalue weighted by Gasteiger charge is 2.26. The van der Waals surface area contributed by atoms with Crippen molar-refractivity contribution in [1.29, 1.82) is 0 Å². The van der Waals surface area contributed by atoms with E-state index < -0.39 is 6.04 Å². The predicted molar refractivity (Wildman–Crippen MR) is 111 cm³/mol. The van der Waals surface area contributed by atoms with E-state index in [0.29, 0.717) is 13.1 Å². The van der Waals surface area contributed by atoms with Gasteiger partial charge in [0.1, 0.15) is 11.8 Å². The number of likely N-dealkylation sites (N-methyl/N-ethyl adjacent to an activating group) is 1. The van der Waals surface area contributed by atoms with Crippen molar-refractivity contribution in [2.45, 2.75) is 46.7 Å². The maximum atomic E-state index is 13.1. The SMILES string of the molecule is CCNC(=O)[C@@H](C)N(Cc1ccc(OC)cc1)C(=O)Cc1cc(C)cc(C)c1. The van der Waals surface area contributed by atoms with Crippen LogP contribution in [0.25, 0.3) is 0 Å². The monoisotopic (exact) mass is 382 g/mol. The Balaban J connectivity index is 2.24. The second-order valence-corrected chi connectivity index (χ2v) is 7.11. The Kier molecular flexibility index (Phi) is 7.61. The molecule has 0 unspecified atom stereocenters. The molecule has 150 valence electrons. The molecule has 0 fully saturated rings. The van der Waals surface area contributed by atoms with Crippen molar-refractivity contribution in [2.75, 3.05) is 13.7 Å². The summed E-state index contributed by atoms with van der Waals surface area (Å²) in [5.41, 5.74) is 4.17. The van der Waals surface area contributed by atoms with Crippen LogP contribution in [0.1, 0.15) is 36.1 Å². The van der Waals surface area contributed by atoms with Gasteiger partial charge >= 0.3 is 0 Å². The molecule has 0 aliphatic carbocycles. The van der Waals surface area contributed by atoms with Gasteiger partial charge in [0.2, 0.25) is 11.8 Å². The molecule has 0 aromatic heterocycles. The second kappa shape index (κ2) is 9.93. The summed E-state index contributed by atoms with van der Waals surface area (Å²) >= 11 is 0. The molecule has 0 bridgehead atoms. The van der Waals surface area contributed by atoms with E-state index in [2.05, 4.69) is 11.4 Å². The minimum absolute atomic E-state index is 0.0698. The van der Waals surface area contributed by atoms with Crippen LogP contribution in [0.4, 0.5) is 0 Å². The summed E-state index contributed by atoms with van der Waals surface area (Å²) in [4.78, 5) is 27.2. The predicted octanol–water partition coefficient (Wildman–Crippen LogP) is 3.41. The third-order valence-corrected chi connectivity index (χ3v) is 4.67. The van der Waals surface area contributed by atoms with Crippen LogP contribution in [0, 0.1) is 13.8 Å². The van der Waals surface area contributed by atoms with Crippen LogP contribution in [0.5, 0.6) is 5.75 Å². The molecule has 0 saturated carbocycles. The quantitative estimate of drug-likeness (QED) is 0.761. The Morgan fingerprint density at radius 1 is 1.04 bits per heavy atom. The molecule has 5 nitrogen and oxygen atoms in total. The van der Waals surface area contributed by atoms with E-state index in [1.165, 1.54) is 0 Å². The fraction of sp³-hybridized carbons (Fsp3) is 0.391. The van der Waals surface area contributed by atoms with Crippen molar-refractivity contribution in [3.8, 4) is 5.75 Å². The maximum Gasteiger partial charge on any atom is 0.242 e. The molecule has 0 saturated heterocycles. The average Bonchev–Trinajstić information content (AvgIpc) is 2.65. The number of rotatable bonds is 8. The van der Waals surface area contributed by atoms with Gasteiger partial charge in [0.15, 0.2) is 0 Å². The first-order chi connectivity index (χ1) is 13.3. The van der Waals surface area contributed by atoms with Crippen LogP contribution in [0.2, 0.25) is 0 Å². The molecule has 0 aliphatic rings. The van der Waals surface area contributed by atoms with E-state index in [1.807, 2.05) is 57.2 Å². The summed E-state index contributed by atoms with van der Waals surface area (Å²) in [7, 11) is 1.62. The third-order valence-electron chi connectivity index (χ3n) is 4.67. The molecule has 2 rings (SSSR count). The van der Waals surface area contributed by atoms with E-state index >= 15 is 0 Å². The molecule has 0 spiro atoms. The first-order valence-electron chi connectivity index (χ1n) is 9.61. The minimum atomic E-state index is -0.555. The van der Waals surface area contributed by atoms with Gasteiger partial charge in [-0.05, 0) is 51.0 Å². The highest BCUT2D eigenvalue weighted by molar-refractivity contribution is 5.88. The van der Waals surface area contributed by atoms with Crippen LogP contribution >= 0.6 is 0 Å². The van der Waals surface area contributed by atoms with Crippen LogP contribution in [-0.4, -0.2) is 36.4 Å². The Bertz CT molecular complexity index is 795. The van der Waals surface area contributed by atoms with Crippen molar-refractivity contribution in [1.82, 2.24) is 10.2 Å². The molecular formula is C23H30N2O3. The average molecular weight is 383 g/mol. The topological polar surface area (TPSA) is 58.6 Å². The summed E-state index contributed by atoms with van der Waals surface area (Å²) in [5, 5.41) is 2.81. The molecule has 1 atom stereocenters. The van der Waals surface area contributed by atoms with Crippen molar-refractivity contribution >= 4 is 11.8 Å². The van der Waals surface area contributed by atoms with Gasteiger partial charge in [0, 0.05) is 13.1 Å². The van der Waals surface area contributed by atoms with Gasteiger partial charge in [-0.15, -0.1) is 0 Å². The zero-order valence-electron chi connectivity index (χ0n) is 17.4. The number of hydrogen-bond donors (Lipinski definition) is 1. The third kappa shape index (κ3) is 5.84. The van der Waals surface area contributed by atoms with E-state index in [4.69, 9.17) is 4.74 Å². The molecule has 2 aromatic rings. The zero-order valence-corrected chi connectivity index (χ0v) is 17.4. The number of carbonyl (C=O) groups excluding carboxylic acids is 2. The first-order valence-corrected chi connectivity index (χ1v) is 9.61. The summed E-state index contributed by atoms with van der Waals surface area (Å²) in [6.45, 7) is 8.58. The lowest BCUT2D eigenvalue weighted by molar-refractivity contribution is -0.140.